The first-order chi connectivity index (χ1) is 10.5. The van der Waals surface area contributed by atoms with Crippen LogP contribution in [0.25, 0.3) is 0 Å². The number of amides is 1. The second-order valence-electron chi connectivity index (χ2n) is 5.14. The highest BCUT2D eigenvalue weighted by molar-refractivity contribution is 5.98. The van der Waals surface area contributed by atoms with Gasteiger partial charge in [0.25, 0.3) is 0 Å². The molecule has 0 unspecified atom stereocenters. The lowest BCUT2D eigenvalue weighted by Gasteiger charge is -2.10. The number of Topliss-reactive ketones (excluding diaryl/α,β-unsaturated/α-hetero) is 1. The lowest BCUT2D eigenvalue weighted by molar-refractivity contribution is -0.116. The van der Waals surface area contributed by atoms with Crippen LogP contribution in [0.15, 0.2) is 47.1 Å². The van der Waals surface area contributed by atoms with Crippen LogP contribution in [-0.4, -0.2) is 17.8 Å². The summed E-state index contributed by atoms with van der Waals surface area (Å²) in [6, 6.07) is 10.4. The Kier molecular flexibility index (Phi) is 5.36. The van der Waals surface area contributed by atoms with Gasteiger partial charge in [0.15, 0.2) is 11.5 Å². The number of rotatable bonds is 7. The Balaban J connectivity index is 1.80. The lowest BCUT2D eigenvalue weighted by Crippen LogP contribution is -2.13. The second-order valence-corrected chi connectivity index (χ2v) is 5.14. The Labute approximate surface area is 129 Å². The summed E-state index contributed by atoms with van der Waals surface area (Å²) < 4.78 is 10.5. The Morgan fingerprint density at radius 1 is 1.14 bits per heavy atom. The normalized spacial score (nSPS) is 10.5. The van der Waals surface area contributed by atoms with E-state index in [-0.39, 0.29) is 36.4 Å². The highest BCUT2D eigenvalue weighted by Gasteiger charge is 2.11. The van der Waals surface area contributed by atoms with Crippen LogP contribution in [0.4, 0.5) is 5.69 Å². The van der Waals surface area contributed by atoms with Crippen LogP contribution in [0.1, 0.15) is 37.2 Å². The van der Waals surface area contributed by atoms with Gasteiger partial charge in [-0.3, -0.25) is 9.59 Å². The summed E-state index contributed by atoms with van der Waals surface area (Å²) in [6.45, 7) is 3.90. The molecule has 0 saturated carbocycles. The molecule has 0 spiro atoms. The molecule has 1 N–H and O–H groups in total. The van der Waals surface area contributed by atoms with Crippen molar-refractivity contribution in [3.05, 3.63) is 48.4 Å². The summed E-state index contributed by atoms with van der Waals surface area (Å²) in [4.78, 5) is 23.5. The van der Waals surface area contributed by atoms with Gasteiger partial charge in [0, 0.05) is 18.5 Å². The van der Waals surface area contributed by atoms with Gasteiger partial charge in [-0.2, -0.15) is 0 Å². The smallest absolute Gasteiger partial charge is 0.224 e. The quantitative estimate of drug-likeness (QED) is 0.792. The predicted molar refractivity (Wildman–Crippen MR) is 83.1 cm³/mol. The van der Waals surface area contributed by atoms with Crippen molar-refractivity contribution in [2.45, 2.75) is 32.8 Å². The van der Waals surface area contributed by atoms with Crippen molar-refractivity contribution in [2.75, 3.05) is 5.32 Å². The first-order valence-electron chi connectivity index (χ1n) is 7.18. The van der Waals surface area contributed by atoms with Crippen molar-refractivity contribution >= 4 is 17.4 Å². The average Bonchev–Trinajstić information content (AvgIpc) is 3.00. The Bertz CT molecular complexity index is 615. The third-order valence-corrected chi connectivity index (χ3v) is 2.88. The zero-order valence-corrected chi connectivity index (χ0v) is 12.7. The summed E-state index contributed by atoms with van der Waals surface area (Å²) in [5.41, 5.74) is 0.673. The molecule has 0 radical (unpaired) electrons. The molecule has 0 fully saturated rings. The molecule has 0 aliphatic carbocycles. The lowest BCUT2D eigenvalue weighted by atomic mass is 10.1. The maximum Gasteiger partial charge on any atom is 0.224 e. The highest BCUT2D eigenvalue weighted by Crippen LogP contribution is 2.17. The summed E-state index contributed by atoms with van der Waals surface area (Å²) in [5.74, 6) is 0.641. The molecule has 2 rings (SSSR count). The second kappa shape index (κ2) is 7.45. The molecule has 1 aromatic carbocycles. The number of furan rings is 1. The number of hydrogen-bond donors (Lipinski definition) is 1. The fourth-order valence-electron chi connectivity index (χ4n) is 1.90. The van der Waals surface area contributed by atoms with Gasteiger partial charge >= 0.3 is 0 Å². The van der Waals surface area contributed by atoms with Crippen LogP contribution in [0.5, 0.6) is 5.75 Å². The molecule has 5 nitrogen and oxygen atoms in total. The van der Waals surface area contributed by atoms with Gasteiger partial charge < -0.3 is 14.5 Å². The minimum absolute atomic E-state index is 0.105. The van der Waals surface area contributed by atoms with E-state index in [1.54, 1.807) is 36.4 Å². The van der Waals surface area contributed by atoms with E-state index in [0.717, 1.165) is 5.75 Å². The third-order valence-electron chi connectivity index (χ3n) is 2.88. The zero-order chi connectivity index (χ0) is 15.9. The molecule has 116 valence electrons. The van der Waals surface area contributed by atoms with Gasteiger partial charge in [0.1, 0.15) is 5.75 Å². The Morgan fingerprint density at radius 2 is 1.86 bits per heavy atom. The number of benzene rings is 1. The number of ether oxygens (including phenoxy) is 1. The number of anilines is 1. The molecule has 0 aliphatic heterocycles. The van der Waals surface area contributed by atoms with Crippen LogP contribution in [0.3, 0.4) is 0 Å². The van der Waals surface area contributed by atoms with E-state index in [1.165, 1.54) is 6.26 Å². The van der Waals surface area contributed by atoms with Crippen molar-refractivity contribution < 1.29 is 18.7 Å². The van der Waals surface area contributed by atoms with E-state index in [0.29, 0.717) is 5.69 Å². The third kappa shape index (κ3) is 4.77. The minimum Gasteiger partial charge on any atom is -0.491 e. The van der Waals surface area contributed by atoms with E-state index >= 15 is 0 Å². The van der Waals surface area contributed by atoms with Crippen LogP contribution < -0.4 is 10.1 Å². The van der Waals surface area contributed by atoms with Crippen LogP contribution in [0.2, 0.25) is 0 Å². The van der Waals surface area contributed by atoms with Gasteiger partial charge in [-0.1, -0.05) is 0 Å². The van der Waals surface area contributed by atoms with Gasteiger partial charge in [0.05, 0.1) is 12.4 Å². The van der Waals surface area contributed by atoms with Crippen molar-refractivity contribution in [2.24, 2.45) is 0 Å². The number of hydrogen-bond acceptors (Lipinski definition) is 4. The molecule has 1 amide bonds. The maximum absolute atomic E-state index is 11.8. The maximum atomic E-state index is 11.8. The standard InChI is InChI=1S/C17H19NO4/c1-12(2)22-14-7-5-13(6-8-14)18-17(20)10-9-15(19)16-4-3-11-21-16/h3-8,11-12H,9-10H2,1-2H3,(H,18,20). The number of ketones is 1. The first-order valence-corrected chi connectivity index (χ1v) is 7.18. The zero-order valence-electron chi connectivity index (χ0n) is 12.7. The fraction of sp³-hybridized carbons (Fsp3) is 0.294. The molecular weight excluding hydrogens is 282 g/mol. The summed E-state index contributed by atoms with van der Waals surface area (Å²) >= 11 is 0. The minimum atomic E-state index is -0.211. The van der Waals surface area contributed by atoms with E-state index in [2.05, 4.69) is 5.32 Å². The largest absolute Gasteiger partial charge is 0.491 e. The van der Waals surface area contributed by atoms with E-state index in [9.17, 15) is 9.59 Å². The van der Waals surface area contributed by atoms with Gasteiger partial charge in [-0.05, 0) is 50.2 Å². The van der Waals surface area contributed by atoms with E-state index in [4.69, 9.17) is 9.15 Å². The fourth-order valence-corrected chi connectivity index (χ4v) is 1.90. The van der Waals surface area contributed by atoms with Gasteiger partial charge in [-0.15, -0.1) is 0 Å². The van der Waals surface area contributed by atoms with Crippen molar-refractivity contribution in [1.82, 2.24) is 0 Å². The molecule has 0 atom stereocenters. The Morgan fingerprint density at radius 3 is 2.45 bits per heavy atom. The first kappa shape index (κ1) is 15.8. The summed E-state index contributed by atoms with van der Waals surface area (Å²) in [5, 5.41) is 2.75. The number of nitrogens with one attached hydrogen (secondary N) is 1. The molecule has 22 heavy (non-hydrogen) atoms. The van der Waals surface area contributed by atoms with Gasteiger partial charge in [0.2, 0.25) is 5.91 Å². The molecule has 0 bridgehead atoms. The van der Waals surface area contributed by atoms with Crippen molar-refractivity contribution in [3.8, 4) is 5.75 Å². The van der Waals surface area contributed by atoms with Crippen LogP contribution >= 0.6 is 0 Å². The topological polar surface area (TPSA) is 68.5 Å². The molecule has 1 heterocycles. The summed E-state index contributed by atoms with van der Waals surface area (Å²) in [7, 11) is 0. The van der Waals surface area contributed by atoms with Crippen molar-refractivity contribution in [1.29, 1.82) is 0 Å². The number of carbonyl (C=O) groups is 2. The van der Waals surface area contributed by atoms with Crippen LogP contribution in [0, 0.1) is 0 Å². The van der Waals surface area contributed by atoms with E-state index < -0.39 is 0 Å². The SMILES string of the molecule is CC(C)Oc1ccc(NC(=O)CCC(=O)c2ccco2)cc1. The Hall–Kier alpha value is -2.56. The average molecular weight is 301 g/mol. The highest BCUT2D eigenvalue weighted by atomic mass is 16.5. The van der Waals surface area contributed by atoms with Gasteiger partial charge in [-0.25, -0.2) is 0 Å². The summed E-state index contributed by atoms with van der Waals surface area (Å²) in [6.07, 6.45) is 1.78. The monoisotopic (exact) mass is 301 g/mol. The van der Waals surface area contributed by atoms with Crippen molar-refractivity contribution in [3.63, 3.8) is 0 Å². The molecule has 5 heteroatoms. The number of carbonyl (C=O) groups excluding carboxylic acids is 2. The molecule has 0 saturated heterocycles. The molecule has 2 aromatic rings. The van der Waals surface area contributed by atoms with Crippen LogP contribution in [-0.2, 0) is 4.79 Å². The van der Waals surface area contributed by atoms with E-state index in [1.807, 2.05) is 13.8 Å². The molecule has 1 aromatic heterocycles. The predicted octanol–water partition coefficient (Wildman–Crippen LogP) is 3.67. The molecule has 0 aliphatic rings. The molecular formula is C17H19NO4.